The van der Waals surface area contributed by atoms with Gasteiger partial charge in [-0.25, -0.2) is 15.0 Å². The van der Waals surface area contributed by atoms with Crippen molar-refractivity contribution in [2.45, 2.75) is 0 Å². The monoisotopic (exact) mass is 379 g/mol. The van der Waals surface area contributed by atoms with Gasteiger partial charge in [0.1, 0.15) is 5.82 Å². The van der Waals surface area contributed by atoms with Gasteiger partial charge < -0.3 is 9.80 Å². The molecule has 0 saturated carbocycles. The highest BCUT2D eigenvalue weighted by atomic mass is 32.1. The van der Waals surface area contributed by atoms with Gasteiger partial charge >= 0.3 is 0 Å². The largest absolute Gasteiger partial charge is 0.352 e. The van der Waals surface area contributed by atoms with Crippen molar-refractivity contribution in [3.05, 3.63) is 52.7 Å². The molecule has 0 N–H and O–H groups in total. The van der Waals surface area contributed by atoms with E-state index in [9.17, 15) is 0 Å². The molecule has 0 aliphatic carbocycles. The van der Waals surface area contributed by atoms with E-state index in [1.54, 1.807) is 22.7 Å². The Morgan fingerprint density at radius 1 is 0.885 bits per heavy atom. The lowest BCUT2D eigenvalue weighted by atomic mass is 10.2. The van der Waals surface area contributed by atoms with E-state index in [1.165, 1.54) is 0 Å². The maximum absolute atomic E-state index is 4.94. The average Bonchev–Trinajstić information content (AvgIpc) is 3.41. The fourth-order valence-electron chi connectivity index (χ4n) is 3.30. The summed E-state index contributed by atoms with van der Waals surface area (Å²) in [5.74, 6) is 1.85. The molecular weight excluding hydrogens is 362 g/mol. The van der Waals surface area contributed by atoms with E-state index in [4.69, 9.17) is 9.97 Å². The Bertz CT molecular complexity index is 1010. The van der Waals surface area contributed by atoms with E-state index >= 15 is 0 Å². The zero-order valence-electron chi connectivity index (χ0n) is 14.1. The summed E-state index contributed by atoms with van der Waals surface area (Å²) < 4.78 is 0. The van der Waals surface area contributed by atoms with Gasteiger partial charge in [-0.2, -0.15) is 11.3 Å². The smallest absolute Gasteiger partial charge is 0.185 e. The number of thiazole rings is 1. The summed E-state index contributed by atoms with van der Waals surface area (Å²) in [7, 11) is 0. The molecule has 0 bridgehead atoms. The Labute approximate surface area is 159 Å². The molecule has 1 aromatic carbocycles. The van der Waals surface area contributed by atoms with E-state index in [0.29, 0.717) is 0 Å². The van der Waals surface area contributed by atoms with Gasteiger partial charge in [-0.1, -0.05) is 12.1 Å². The van der Waals surface area contributed by atoms with Crippen LogP contribution in [0.1, 0.15) is 0 Å². The summed E-state index contributed by atoms with van der Waals surface area (Å²) in [6, 6.07) is 10.4. The highest BCUT2D eigenvalue weighted by Crippen LogP contribution is 2.29. The van der Waals surface area contributed by atoms with Crippen molar-refractivity contribution in [1.82, 2.24) is 15.0 Å². The minimum Gasteiger partial charge on any atom is -0.352 e. The lowest BCUT2D eigenvalue weighted by Gasteiger charge is -2.35. The summed E-state index contributed by atoms with van der Waals surface area (Å²) >= 11 is 3.38. The quantitative estimate of drug-likeness (QED) is 0.535. The van der Waals surface area contributed by atoms with Crippen LogP contribution in [-0.4, -0.2) is 41.1 Å². The molecule has 1 fully saturated rings. The zero-order valence-corrected chi connectivity index (χ0v) is 15.7. The third kappa shape index (κ3) is 2.83. The first kappa shape index (κ1) is 15.7. The maximum Gasteiger partial charge on any atom is 0.185 e. The first-order valence-corrected chi connectivity index (χ1v) is 10.4. The number of para-hydroxylation sites is 1. The molecule has 1 aliphatic rings. The van der Waals surface area contributed by atoms with Crippen LogP contribution in [0.3, 0.4) is 0 Å². The number of piperazine rings is 1. The summed E-state index contributed by atoms with van der Waals surface area (Å²) in [6.07, 6.45) is 1.87. The average molecular weight is 380 g/mol. The van der Waals surface area contributed by atoms with Gasteiger partial charge in [0, 0.05) is 54.1 Å². The fourth-order valence-corrected chi connectivity index (χ4v) is 4.63. The van der Waals surface area contributed by atoms with Crippen LogP contribution in [0.5, 0.6) is 0 Å². The summed E-state index contributed by atoms with van der Waals surface area (Å²) in [4.78, 5) is 18.9. The van der Waals surface area contributed by atoms with Crippen LogP contribution in [0.15, 0.2) is 52.7 Å². The second-order valence-electron chi connectivity index (χ2n) is 6.19. The third-order valence-electron chi connectivity index (χ3n) is 4.63. The molecule has 130 valence electrons. The maximum atomic E-state index is 4.94. The van der Waals surface area contributed by atoms with E-state index < -0.39 is 0 Å². The molecular formula is C19H17N5S2. The predicted molar refractivity (Wildman–Crippen MR) is 109 cm³/mol. The third-order valence-corrected chi connectivity index (χ3v) is 6.15. The number of nitrogens with zero attached hydrogens (tertiary/aromatic N) is 5. The van der Waals surface area contributed by atoms with E-state index in [1.807, 2.05) is 17.6 Å². The summed E-state index contributed by atoms with van der Waals surface area (Å²) in [5.41, 5.74) is 2.09. The minimum atomic E-state index is 0.808. The molecule has 26 heavy (non-hydrogen) atoms. The van der Waals surface area contributed by atoms with Crippen molar-refractivity contribution >= 4 is 44.5 Å². The number of anilines is 2. The number of rotatable bonds is 3. The topological polar surface area (TPSA) is 45.2 Å². The molecule has 0 amide bonds. The molecule has 0 radical (unpaired) electrons. The van der Waals surface area contributed by atoms with E-state index in [0.717, 1.165) is 59.4 Å². The molecule has 1 saturated heterocycles. The summed E-state index contributed by atoms with van der Waals surface area (Å²) in [6.45, 7) is 3.78. The van der Waals surface area contributed by atoms with Crippen LogP contribution in [0.4, 0.5) is 10.9 Å². The molecule has 4 heterocycles. The second kappa shape index (κ2) is 6.66. The second-order valence-corrected chi connectivity index (χ2v) is 7.84. The number of hydrogen-bond donors (Lipinski definition) is 0. The van der Waals surface area contributed by atoms with Crippen LogP contribution < -0.4 is 9.80 Å². The molecule has 7 heteroatoms. The molecule has 5 rings (SSSR count). The lowest BCUT2D eigenvalue weighted by Crippen LogP contribution is -2.47. The van der Waals surface area contributed by atoms with Gasteiger partial charge in [-0.3, -0.25) is 0 Å². The van der Waals surface area contributed by atoms with Crippen molar-refractivity contribution in [3.63, 3.8) is 0 Å². The van der Waals surface area contributed by atoms with Crippen molar-refractivity contribution in [2.75, 3.05) is 36.0 Å². The van der Waals surface area contributed by atoms with Crippen molar-refractivity contribution < 1.29 is 0 Å². The fraction of sp³-hybridized carbons (Fsp3) is 0.211. The van der Waals surface area contributed by atoms with Crippen molar-refractivity contribution in [3.8, 4) is 11.4 Å². The van der Waals surface area contributed by atoms with E-state index in [-0.39, 0.29) is 0 Å². The molecule has 3 aromatic heterocycles. The number of thiophene rings is 1. The summed E-state index contributed by atoms with van der Waals surface area (Å²) in [5, 5.41) is 8.44. The van der Waals surface area contributed by atoms with Gasteiger partial charge in [-0.05, 0) is 23.6 Å². The highest BCUT2D eigenvalue weighted by Gasteiger charge is 2.22. The SMILES string of the molecule is c1ccc2c(N3CCN(c4nccs4)CC3)nc(-c3ccsc3)nc2c1. The van der Waals surface area contributed by atoms with E-state index in [2.05, 4.69) is 49.8 Å². The molecule has 1 aliphatic heterocycles. The Balaban J connectivity index is 1.50. The Hall–Kier alpha value is -2.51. The van der Waals surface area contributed by atoms with Crippen LogP contribution in [0, 0.1) is 0 Å². The molecule has 5 nitrogen and oxygen atoms in total. The van der Waals surface area contributed by atoms with Gasteiger partial charge in [-0.15, -0.1) is 11.3 Å². The molecule has 0 spiro atoms. The number of benzene rings is 1. The molecule has 0 atom stereocenters. The van der Waals surface area contributed by atoms with Gasteiger partial charge in [0.05, 0.1) is 5.52 Å². The van der Waals surface area contributed by atoms with Crippen LogP contribution in [0.2, 0.25) is 0 Å². The highest BCUT2D eigenvalue weighted by molar-refractivity contribution is 7.13. The van der Waals surface area contributed by atoms with Gasteiger partial charge in [0.2, 0.25) is 0 Å². The first-order valence-electron chi connectivity index (χ1n) is 8.57. The standard InChI is InChI=1S/C19H17N5S2/c1-2-4-16-15(3-1)18(22-17(21-16)14-5-11-25-13-14)23-7-9-24(10-8-23)19-20-6-12-26-19/h1-6,11-13H,7-10H2. The predicted octanol–water partition coefficient (Wildman–Crippen LogP) is 4.14. The first-order chi connectivity index (χ1) is 12.9. The lowest BCUT2D eigenvalue weighted by molar-refractivity contribution is 0.648. The zero-order chi connectivity index (χ0) is 17.3. The van der Waals surface area contributed by atoms with Gasteiger partial charge in [0.25, 0.3) is 0 Å². The number of fused-ring (bicyclic) bond motifs is 1. The van der Waals surface area contributed by atoms with Gasteiger partial charge in [0.15, 0.2) is 11.0 Å². The Morgan fingerprint density at radius 3 is 2.50 bits per heavy atom. The Kier molecular flexibility index (Phi) is 4.03. The molecule has 4 aromatic rings. The Morgan fingerprint density at radius 2 is 1.73 bits per heavy atom. The normalized spacial score (nSPS) is 14.9. The minimum absolute atomic E-state index is 0.808. The van der Waals surface area contributed by atoms with Crippen LogP contribution >= 0.6 is 22.7 Å². The number of aromatic nitrogens is 3. The van der Waals surface area contributed by atoms with Crippen LogP contribution in [-0.2, 0) is 0 Å². The van der Waals surface area contributed by atoms with Crippen LogP contribution in [0.25, 0.3) is 22.3 Å². The number of hydrogen-bond acceptors (Lipinski definition) is 7. The van der Waals surface area contributed by atoms with Crippen molar-refractivity contribution in [2.24, 2.45) is 0 Å². The molecule has 0 unspecified atom stereocenters. The van der Waals surface area contributed by atoms with Crippen molar-refractivity contribution in [1.29, 1.82) is 0 Å².